The van der Waals surface area contributed by atoms with Crippen LogP contribution in [0.2, 0.25) is 0 Å². The summed E-state index contributed by atoms with van der Waals surface area (Å²) < 4.78 is 4.98. The number of guanidine groups is 1. The van der Waals surface area contributed by atoms with Crippen molar-refractivity contribution in [2.45, 2.75) is 83.0 Å². The molecule has 1 aromatic carbocycles. The minimum absolute atomic E-state index is 0.0222. The summed E-state index contributed by atoms with van der Waals surface area (Å²) in [4.78, 5) is 70.7. The highest BCUT2D eigenvalue weighted by atomic mass is 16.6. The summed E-state index contributed by atoms with van der Waals surface area (Å²) in [7, 11) is 0. The fraction of sp³-hybridized carbons (Fsp3) is 0.556. The van der Waals surface area contributed by atoms with E-state index in [2.05, 4.69) is 15.6 Å². The Hall–Kier alpha value is -5.00. The predicted octanol–water partition coefficient (Wildman–Crippen LogP) is 0.536. The molecule has 18 heteroatoms. The maximum absolute atomic E-state index is 11.8. The van der Waals surface area contributed by atoms with Gasteiger partial charge in [-0.25, -0.2) is 19.3 Å². The molecule has 0 spiro atoms. The third-order valence-electron chi connectivity index (χ3n) is 6.13. The van der Waals surface area contributed by atoms with Crippen LogP contribution in [0.15, 0.2) is 29.3 Å². The number of rotatable bonds is 9. The number of aliphatic carboxylic acids is 2. The Bertz CT molecular complexity index is 1220. The number of carboxylic acids is 2. The Kier molecular flexibility index (Phi) is 15.2. The highest BCUT2D eigenvalue weighted by Crippen LogP contribution is 2.22. The van der Waals surface area contributed by atoms with E-state index in [1.807, 2.05) is 0 Å². The number of nitrogens with two attached hydrogens (primary N) is 3. The minimum atomic E-state index is -1.18. The van der Waals surface area contributed by atoms with E-state index in [4.69, 9.17) is 32.2 Å². The van der Waals surface area contributed by atoms with Gasteiger partial charge in [-0.05, 0) is 71.6 Å². The summed E-state index contributed by atoms with van der Waals surface area (Å²) in [6.07, 6.45) is 1.79. The molecule has 2 fully saturated rings. The molecule has 0 saturated carbocycles. The zero-order valence-corrected chi connectivity index (χ0v) is 25.4. The summed E-state index contributed by atoms with van der Waals surface area (Å²) in [5, 5.41) is 33.5. The van der Waals surface area contributed by atoms with Gasteiger partial charge in [0.05, 0.1) is 11.0 Å². The normalized spacial score (nSPS) is 17.8. The molecular weight excluding hydrogens is 596 g/mol. The molecule has 3 atom stereocenters. The van der Waals surface area contributed by atoms with Crippen LogP contribution < -0.4 is 27.8 Å². The number of nitrogens with one attached hydrogen (secondary N) is 2. The highest BCUT2D eigenvalue weighted by molar-refractivity contribution is 5.99. The zero-order valence-electron chi connectivity index (χ0n) is 25.4. The Morgan fingerprint density at radius 1 is 1.18 bits per heavy atom. The molecule has 0 bridgehead atoms. The third kappa shape index (κ3) is 14.3. The van der Waals surface area contributed by atoms with Crippen LogP contribution in [0.5, 0.6) is 0 Å². The second-order valence-corrected chi connectivity index (χ2v) is 11.0. The number of aliphatic imine (C=N–C) groups is 1. The average Bonchev–Trinajstić information content (AvgIpc) is 3.60. The van der Waals surface area contributed by atoms with Gasteiger partial charge in [0.25, 0.3) is 5.69 Å². The summed E-state index contributed by atoms with van der Waals surface area (Å²) in [6.45, 7) is 6.10. The van der Waals surface area contributed by atoms with Crippen LogP contribution in [0.25, 0.3) is 0 Å². The van der Waals surface area contributed by atoms with Gasteiger partial charge in [-0.1, -0.05) is 0 Å². The number of imide groups is 1. The summed E-state index contributed by atoms with van der Waals surface area (Å²) in [5.74, 6) is -3.01. The Balaban J connectivity index is 0.000000353. The van der Waals surface area contributed by atoms with Crippen LogP contribution in [-0.4, -0.2) is 92.7 Å². The number of likely N-dealkylation sites (tertiary alicyclic amines) is 1. The lowest BCUT2D eigenvalue weighted by Gasteiger charge is -2.25. The van der Waals surface area contributed by atoms with Gasteiger partial charge in [0.15, 0.2) is 5.96 Å². The van der Waals surface area contributed by atoms with Gasteiger partial charge in [0.2, 0.25) is 11.8 Å². The van der Waals surface area contributed by atoms with Crippen LogP contribution in [0, 0.1) is 10.1 Å². The highest BCUT2D eigenvalue weighted by Gasteiger charge is 2.42. The van der Waals surface area contributed by atoms with Gasteiger partial charge in [-0.3, -0.25) is 24.7 Å². The van der Waals surface area contributed by atoms with Crippen LogP contribution in [-0.2, 0) is 23.9 Å². The first-order valence-electron chi connectivity index (χ1n) is 14.0. The van der Waals surface area contributed by atoms with Crippen molar-refractivity contribution in [3.8, 4) is 0 Å². The van der Waals surface area contributed by atoms with Crippen LogP contribution in [0.4, 0.5) is 16.2 Å². The van der Waals surface area contributed by atoms with E-state index in [9.17, 15) is 34.1 Å². The van der Waals surface area contributed by atoms with E-state index in [1.165, 1.54) is 24.3 Å². The number of nitro groups is 1. The van der Waals surface area contributed by atoms with Crippen molar-refractivity contribution in [1.29, 1.82) is 0 Å². The van der Waals surface area contributed by atoms with Gasteiger partial charge in [-0.15, -0.1) is 0 Å². The lowest BCUT2D eigenvalue weighted by Crippen LogP contribution is -2.48. The van der Waals surface area contributed by atoms with Gasteiger partial charge in [-0.2, -0.15) is 0 Å². The number of carboxylic acid groups (broad SMARTS) is 2. The molecule has 0 radical (unpaired) electrons. The van der Waals surface area contributed by atoms with Gasteiger partial charge < -0.3 is 42.8 Å². The fourth-order valence-electron chi connectivity index (χ4n) is 4.00. The number of hydrogen-bond acceptors (Lipinski definition) is 11. The van der Waals surface area contributed by atoms with Crippen LogP contribution in [0.1, 0.15) is 59.3 Å². The molecule has 18 nitrogen and oxygen atoms in total. The number of nitrogens with zero attached hydrogens (tertiary/aromatic N) is 3. The van der Waals surface area contributed by atoms with E-state index in [0.29, 0.717) is 30.0 Å². The van der Waals surface area contributed by atoms with Gasteiger partial charge >= 0.3 is 18.0 Å². The molecular formula is C27H42N8O10. The molecule has 2 aliphatic rings. The molecule has 3 rings (SSSR count). The smallest absolute Gasteiger partial charge is 0.417 e. The van der Waals surface area contributed by atoms with Gasteiger partial charge in [0.1, 0.15) is 17.7 Å². The fourth-order valence-corrected chi connectivity index (χ4v) is 4.00. The first-order valence-corrected chi connectivity index (χ1v) is 14.0. The van der Waals surface area contributed by atoms with Crippen molar-refractivity contribution >= 4 is 47.2 Å². The van der Waals surface area contributed by atoms with E-state index in [0.717, 1.165) is 19.4 Å². The molecule has 2 heterocycles. The third-order valence-corrected chi connectivity index (χ3v) is 6.13. The van der Waals surface area contributed by atoms with E-state index in [1.54, 1.807) is 20.8 Å². The number of benzene rings is 1. The molecule has 250 valence electrons. The van der Waals surface area contributed by atoms with E-state index >= 15 is 0 Å². The first-order chi connectivity index (χ1) is 20.9. The largest absolute Gasteiger partial charge is 0.480 e. The second kappa shape index (κ2) is 18.0. The standard InChI is InChI=1S/C11H21N5O3.C10H15NO5.C6H6N2O2/c12-11(13)15-6-2-4-8(10(18)19)16-9(17)7-3-1-5-14-7;1-10(2,3)16-9(15)11-6(8(13)14)4-5-7(11)12;7-5-1-3-6(4-2-5)8(9)10/h7-8,14H,1-6H2,(H,16,17)(H,18,19)(H4,12,13,15);6H,4-5H2,1-3H3,(H,13,14);1-4H,7H2/t7-,8?;6-;/m00./s1. The lowest BCUT2D eigenvalue weighted by atomic mass is 10.1. The molecule has 0 aliphatic carbocycles. The predicted molar refractivity (Wildman–Crippen MR) is 162 cm³/mol. The van der Waals surface area contributed by atoms with Crippen molar-refractivity contribution in [2.75, 3.05) is 18.8 Å². The van der Waals surface area contributed by atoms with Crippen molar-refractivity contribution in [3.05, 3.63) is 34.4 Å². The Labute approximate surface area is 259 Å². The molecule has 1 unspecified atom stereocenters. The number of nitrogen functional groups attached to an aromatic ring is 1. The topological polar surface area (TPSA) is 296 Å². The van der Waals surface area contributed by atoms with E-state index < -0.39 is 46.5 Å². The maximum Gasteiger partial charge on any atom is 0.417 e. The number of non-ortho nitro benzene ring substituents is 1. The molecule has 2 aliphatic heterocycles. The SMILES string of the molecule is CC(C)(C)OC(=O)N1C(=O)CC[C@H]1C(=O)O.NC(N)=NCCCC(NC(=O)[C@@H]1CCCN1)C(=O)O.Nc1ccc([N+](=O)[O-])cc1. The monoisotopic (exact) mass is 638 g/mol. The summed E-state index contributed by atoms with van der Waals surface area (Å²) in [6, 6.07) is 3.46. The Morgan fingerprint density at radius 3 is 2.27 bits per heavy atom. The molecule has 0 aromatic heterocycles. The quantitative estimate of drug-likeness (QED) is 0.0485. The van der Waals surface area contributed by atoms with Crippen molar-refractivity contribution in [3.63, 3.8) is 0 Å². The number of ether oxygens (including phenoxy) is 1. The summed E-state index contributed by atoms with van der Waals surface area (Å²) >= 11 is 0. The second-order valence-electron chi connectivity index (χ2n) is 11.0. The van der Waals surface area contributed by atoms with Crippen molar-refractivity contribution < 1.29 is 43.8 Å². The van der Waals surface area contributed by atoms with Crippen LogP contribution in [0.3, 0.4) is 0 Å². The molecule has 2 saturated heterocycles. The average molecular weight is 639 g/mol. The first kappa shape index (κ1) is 38.0. The number of carbonyl (C=O) groups is 5. The lowest BCUT2D eigenvalue weighted by molar-refractivity contribution is -0.384. The van der Waals surface area contributed by atoms with Crippen molar-refractivity contribution in [1.82, 2.24) is 15.5 Å². The maximum atomic E-state index is 11.8. The number of carbonyl (C=O) groups excluding carboxylic acids is 3. The van der Waals surface area contributed by atoms with Crippen LogP contribution >= 0.6 is 0 Å². The number of anilines is 1. The number of amides is 3. The minimum Gasteiger partial charge on any atom is -0.480 e. The molecule has 3 amide bonds. The number of hydrogen-bond donors (Lipinski definition) is 7. The molecule has 10 N–H and O–H groups in total. The van der Waals surface area contributed by atoms with E-state index in [-0.39, 0.29) is 36.4 Å². The molecule has 1 aromatic rings. The van der Waals surface area contributed by atoms with Gasteiger partial charge in [0, 0.05) is 30.8 Å². The Morgan fingerprint density at radius 2 is 1.80 bits per heavy atom. The number of nitro benzene ring substituents is 1. The molecule has 45 heavy (non-hydrogen) atoms. The van der Waals surface area contributed by atoms with Crippen molar-refractivity contribution in [2.24, 2.45) is 16.5 Å². The zero-order chi connectivity index (χ0) is 34.3. The summed E-state index contributed by atoms with van der Waals surface area (Å²) in [5.41, 5.74) is 15.5.